The summed E-state index contributed by atoms with van der Waals surface area (Å²) >= 11 is 0. The molecule has 19 heavy (non-hydrogen) atoms. The van der Waals surface area contributed by atoms with Crippen LogP contribution in [0.1, 0.15) is 66.2 Å². The van der Waals surface area contributed by atoms with Gasteiger partial charge in [0.1, 0.15) is 0 Å². The Morgan fingerprint density at radius 2 is 1.79 bits per heavy atom. The van der Waals surface area contributed by atoms with Gasteiger partial charge in [0.05, 0.1) is 0 Å². The van der Waals surface area contributed by atoms with Crippen LogP contribution in [0.25, 0.3) is 0 Å². The lowest BCUT2D eigenvalue weighted by molar-refractivity contribution is 0.116. The molecule has 1 aliphatic heterocycles. The first-order valence-corrected chi connectivity index (χ1v) is 8.50. The second-order valence-corrected chi connectivity index (χ2v) is 7.67. The van der Waals surface area contributed by atoms with Crippen LogP contribution in [0.3, 0.4) is 0 Å². The van der Waals surface area contributed by atoms with Crippen LogP contribution in [0.2, 0.25) is 0 Å². The molecule has 0 radical (unpaired) electrons. The Balaban J connectivity index is 1.96. The van der Waals surface area contributed by atoms with Crippen molar-refractivity contribution < 1.29 is 0 Å². The van der Waals surface area contributed by atoms with Crippen molar-refractivity contribution in [3.05, 3.63) is 0 Å². The molecule has 1 saturated heterocycles. The quantitative estimate of drug-likeness (QED) is 0.789. The zero-order valence-corrected chi connectivity index (χ0v) is 13.5. The largest absolute Gasteiger partial charge is 0.314 e. The van der Waals surface area contributed by atoms with Gasteiger partial charge in [0.25, 0.3) is 0 Å². The number of hydrogen-bond donors (Lipinski definition) is 1. The molecule has 1 saturated carbocycles. The molecule has 112 valence electrons. The molecule has 2 aliphatic rings. The van der Waals surface area contributed by atoms with Crippen LogP contribution in [0.5, 0.6) is 0 Å². The van der Waals surface area contributed by atoms with Gasteiger partial charge in [-0.2, -0.15) is 0 Å². The van der Waals surface area contributed by atoms with Gasteiger partial charge in [-0.25, -0.2) is 0 Å². The fourth-order valence-electron chi connectivity index (χ4n) is 4.17. The van der Waals surface area contributed by atoms with Gasteiger partial charge in [-0.05, 0) is 43.6 Å². The third kappa shape index (κ3) is 3.95. The maximum Gasteiger partial charge on any atom is 0.0119 e. The molecule has 1 aliphatic carbocycles. The fourth-order valence-corrected chi connectivity index (χ4v) is 4.17. The van der Waals surface area contributed by atoms with E-state index in [1.807, 2.05) is 0 Å². The number of hydrogen-bond acceptors (Lipinski definition) is 2. The third-order valence-corrected chi connectivity index (χ3v) is 5.27. The molecule has 2 rings (SSSR count). The van der Waals surface area contributed by atoms with Crippen molar-refractivity contribution in [1.82, 2.24) is 10.2 Å². The summed E-state index contributed by atoms with van der Waals surface area (Å²) in [7, 11) is 0. The van der Waals surface area contributed by atoms with Crippen molar-refractivity contribution in [2.24, 2.45) is 11.3 Å². The lowest BCUT2D eigenvalue weighted by Gasteiger charge is -2.38. The molecule has 0 amide bonds. The predicted molar refractivity (Wildman–Crippen MR) is 83.5 cm³/mol. The lowest BCUT2D eigenvalue weighted by atomic mass is 9.84. The molecule has 1 unspecified atom stereocenters. The molecule has 2 fully saturated rings. The zero-order valence-electron chi connectivity index (χ0n) is 13.5. The van der Waals surface area contributed by atoms with Crippen LogP contribution in [-0.4, -0.2) is 36.6 Å². The van der Waals surface area contributed by atoms with Gasteiger partial charge in [-0.1, -0.05) is 40.5 Å². The van der Waals surface area contributed by atoms with Crippen molar-refractivity contribution in [1.29, 1.82) is 0 Å². The predicted octanol–water partition coefficient (Wildman–Crippen LogP) is 3.67. The van der Waals surface area contributed by atoms with E-state index in [-0.39, 0.29) is 0 Å². The summed E-state index contributed by atoms with van der Waals surface area (Å²) in [5, 5.41) is 3.72. The molecule has 0 aromatic rings. The monoisotopic (exact) mass is 266 g/mol. The van der Waals surface area contributed by atoms with E-state index in [4.69, 9.17) is 0 Å². The highest BCUT2D eigenvalue weighted by atomic mass is 15.2. The molecule has 2 nitrogen and oxygen atoms in total. The number of likely N-dealkylation sites (tertiary alicyclic amines) is 1. The molecule has 1 heterocycles. The van der Waals surface area contributed by atoms with Gasteiger partial charge in [0.15, 0.2) is 0 Å². The first-order valence-electron chi connectivity index (χ1n) is 8.50. The van der Waals surface area contributed by atoms with Gasteiger partial charge < -0.3 is 5.32 Å². The summed E-state index contributed by atoms with van der Waals surface area (Å²) in [5.41, 5.74) is 0.571. The van der Waals surface area contributed by atoms with Crippen molar-refractivity contribution in [2.45, 2.75) is 78.3 Å². The highest BCUT2D eigenvalue weighted by Gasteiger charge is 2.38. The number of rotatable bonds is 6. The first-order chi connectivity index (χ1) is 9.02. The topological polar surface area (TPSA) is 15.3 Å². The second-order valence-electron chi connectivity index (χ2n) is 7.67. The van der Waals surface area contributed by atoms with E-state index in [9.17, 15) is 0 Å². The minimum atomic E-state index is 0.571. The van der Waals surface area contributed by atoms with Gasteiger partial charge in [0.2, 0.25) is 0 Å². The Labute approximate surface area is 120 Å². The van der Waals surface area contributed by atoms with E-state index in [0.29, 0.717) is 11.5 Å². The Morgan fingerprint density at radius 3 is 2.37 bits per heavy atom. The molecule has 2 heteroatoms. The molecule has 0 aromatic carbocycles. The third-order valence-electron chi connectivity index (χ3n) is 5.27. The van der Waals surface area contributed by atoms with Crippen molar-refractivity contribution in [2.75, 3.05) is 19.6 Å². The highest BCUT2D eigenvalue weighted by molar-refractivity contribution is 4.93. The molecule has 0 aromatic heterocycles. The minimum Gasteiger partial charge on any atom is -0.314 e. The number of nitrogens with one attached hydrogen (secondary N) is 1. The maximum atomic E-state index is 3.72. The average Bonchev–Trinajstić information content (AvgIpc) is 2.97. The van der Waals surface area contributed by atoms with Gasteiger partial charge in [-0.15, -0.1) is 0 Å². The summed E-state index contributed by atoms with van der Waals surface area (Å²) in [6.45, 7) is 13.3. The lowest BCUT2D eigenvalue weighted by Crippen LogP contribution is -2.46. The summed E-state index contributed by atoms with van der Waals surface area (Å²) < 4.78 is 0. The summed E-state index contributed by atoms with van der Waals surface area (Å²) in [5.74, 6) is 0.819. The zero-order chi connectivity index (χ0) is 13.9. The van der Waals surface area contributed by atoms with Crippen LogP contribution in [0.15, 0.2) is 0 Å². The van der Waals surface area contributed by atoms with Crippen molar-refractivity contribution in [3.63, 3.8) is 0 Å². The number of nitrogens with zero attached hydrogens (tertiary/aromatic N) is 1. The summed E-state index contributed by atoms with van der Waals surface area (Å²) in [4.78, 5) is 2.82. The Hall–Kier alpha value is -0.0800. The fraction of sp³-hybridized carbons (Fsp3) is 1.00. The second kappa shape index (κ2) is 6.58. The molecule has 0 spiro atoms. The highest BCUT2D eigenvalue weighted by Crippen LogP contribution is 2.40. The van der Waals surface area contributed by atoms with E-state index in [0.717, 1.165) is 12.0 Å². The maximum absolute atomic E-state index is 3.72. The first kappa shape index (κ1) is 15.3. The standard InChI is InChI=1S/C17H34N2/c1-14(2)16-8-7-11-19(16)13-17(9-5-6-10-17)12-18-15(3)4/h14-16,18H,5-13H2,1-4H3. The average molecular weight is 266 g/mol. The van der Waals surface area contributed by atoms with Crippen molar-refractivity contribution in [3.8, 4) is 0 Å². The van der Waals surface area contributed by atoms with Gasteiger partial charge in [-0.3, -0.25) is 4.90 Å². The van der Waals surface area contributed by atoms with E-state index in [1.165, 1.54) is 58.2 Å². The van der Waals surface area contributed by atoms with Crippen LogP contribution in [0, 0.1) is 11.3 Å². The smallest absolute Gasteiger partial charge is 0.0119 e. The van der Waals surface area contributed by atoms with Crippen molar-refractivity contribution >= 4 is 0 Å². The van der Waals surface area contributed by atoms with E-state index in [2.05, 4.69) is 37.9 Å². The van der Waals surface area contributed by atoms with Crippen LogP contribution < -0.4 is 5.32 Å². The van der Waals surface area contributed by atoms with Gasteiger partial charge >= 0.3 is 0 Å². The minimum absolute atomic E-state index is 0.571. The molecule has 1 N–H and O–H groups in total. The van der Waals surface area contributed by atoms with Gasteiger partial charge in [0, 0.05) is 25.2 Å². The Bertz CT molecular complexity index is 266. The van der Waals surface area contributed by atoms with Crippen LogP contribution in [0.4, 0.5) is 0 Å². The molecule has 0 bridgehead atoms. The molecular weight excluding hydrogens is 232 g/mol. The summed E-state index contributed by atoms with van der Waals surface area (Å²) in [6.07, 6.45) is 8.60. The van der Waals surface area contributed by atoms with E-state index < -0.39 is 0 Å². The Kier molecular flexibility index (Phi) is 5.30. The Morgan fingerprint density at radius 1 is 1.11 bits per heavy atom. The normalized spacial score (nSPS) is 27.8. The molecule has 1 atom stereocenters. The summed E-state index contributed by atoms with van der Waals surface area (Å²) in [6, 6.07) is 1.47. The van der Waals surface area contributed by atoms with Crippen LogP contribution >= 0.6 is 0 Å². The van der Waals surface area contributed by atoms with E-state index in [1.54, 1.807) is 0 Å². The van der Waals surface area contributed by atoms with E-state index >= 15 is 0 Å². The molecular formula is C17H34N2. The van der Waals surface area contributed by atoms with Crippen LogP contribution in [-0.2, 0) is 0 Å². The SMILES string of the molecule is CC(C)NCC1(CN2CCCC2C(C)C)CCCC1.